The van der Waals surface area contributed by atoms with E-state index in [1.807, 2.05) is 0 Å². The number of anilines is 1. The summed E-state index contributed by atoms with van der Waals surface area (Å²) in [4.78, 5) is 18.5. The molecule has 5 heteroatoms. The van der Waals surface area contributed by atoms with E-state index in [1.165, 1.54) is 37.7 Å². The van der Waals surface area contributed by atoms with Gasteiger partial charge in [-0.1, -0.05) is 19.3 Å². The average molecular weight is 262 g/mol. The summed E-state index contributed by atoms with van der Waals surface area (Å²) in [6.07, 6.45) is 7.61. The number of H-pyrrole nitrogens is 1. The van der Waals surface area contributed by atoms with Gasteiger partial charge in [-0.2, -0.15) is 4.98 Å². The molecular weight excluding hydrogens is 240 g/mol. The predicted octanol–water partition coefficient (Wildman–Crippen LogP) is 1.41. The third kappa shape index (κ3) is 2.97. The standard InChI is InChI=1S/C14H22N4O/c19-14-17-12-9-15-7-6-11(12)13(18-14)16-8-10-4-2-1-3-5-10/h10,15H,1-9H2,(H2,16,17,18,19). The second-order valence-corrected chi connectivity index (χ2v) is 5.66. The highest BCUT2D eigenvalue weighted by molar-refractivity contribution is 5.47. The smallest absolute Gasteiger partial charge is 0.347 e. The first-order chi connectivity index (χ1) is 9.33. The molecule has 2 heterocycles. The second kappa shape index (κ2) is 5.74. The minimum atomic E-state index is -0.242. The summed E-state index contributed by atoms with van der Waals surface area (Å²) in [6, 6.07) is 0. The monoisotopic (exact) mass is 262 g/mol. The molecule has 3 N–H and O–H groups in total. The van der Waals surface area contributed by atoms with Gasteiger partial charge in [-0.15, -0.1) is 0 Å². The van der Waals surface area contributed by atoms with Crippen LogP contribution in [0, 0.1) is 5.92 Å². The van der Waals surface area contributed by atoms with Crippen molar-refractivity contribution in [2.24, 2.45) is 5.92 Å². The van der Waals surface area contributed by atoms with Gasteiger partial charge in [0.2, 0.25) is 0 Å². The highest BCUT2D eigenvalue weighted by Crippen LogP contribution is 2.24. The van der Waals surface area contributed by atoms with E-state index in [2.05, 4.69) is 20.6 Å². The van der Waals surface area contributed by atoms with Crippen LogP contribution >= 0.6 is 0 Å². The fourth-order valence-electron chi connectivity index (χ4n) is 3.17. The molecule has 3 rings (SSSR count). The van der Waals surface area contributed by atoms with Crippen LogP contribution in [0.4, 0.5) is 5.82 Å². The Hall–Kier alpha value is -1.36. The van der Waals surface area contributed by atoms with Gasteiger partial charge in [0.25, 0.3) is 0 Å². The van der Waals surface area contributed by atoms with Gasteiger partial charge in [0.1, 0.15) is 5.82 Å². The molecule has 5 nitrogen and oxygen atoms in total. The third-order valence-electron chi connectivity index (χ3n) is 4.26. The first-order valence-electron chi connectivity index (χ1n) is 7.39. The van der Waals surface area contributed by atoms with Crippen molar-refractivity contribution in [3.63, 3.8) is 0 Å². The lowest BCUT2D eigenvalue weighted by Crippen LogP contribution is -2.30. The number of rotatable bonds is 3. The number of nitrogens with zero attached hydrogens (tertiary/aromatic N) is 1. The molecule has 1 aromatic heterocycles. The molecule has 1 aliphatic carbocycles. The number of fused-ring (bicyclic) bond motifs is 1. The summed E-state index contributed by atoms with van der Waals surface area (Å²) in [5, 5.41) is 6.70. The first kappa shape index (κ1) is 12.7. The van der Waals surface area contributed by atoms with Gasteiger partial charge < -0.3 is 15.6 Å². The highest BCUT2D eigenvalue weighted by Gasteiger charge is 2.18. The predicted molar refractivity (Wildman–Crippen MR) is 75.3 cm³/mol. The third-order valence-corrected chi connectivity index (χ3v) is 4.26. The normalized spacial score (nSPS) is 20.0. The lowest BCUT2D eigenvalue weighted by molar-refractivity contribution is 0.373. The summed E-state index contributed by atoms with van der Waals surface area (Å²) in [5.41, 5.74) is 1.94. The Morgan fingerprint density at radius 2 is 2.11 bits per heavy atom. The molecule has 1 aliphatic heterocycles. The zero-order valence-electron chi connectivity index (χ0n) is 11.3. The van der Waals surface area contributed by atoms with Crippen molar-refractivity contribution in [1.82, 2.24) is 15.3 Å². The Labute approximate surface area is 113 Å². The van der Waals surface area contributed by atoms with E-state index >= 15 is 0 Å². The molecular formula is C14H22N4O. The van der Waals surface area contributed by atoms with Crippen LogP contribution in [0.3, 0.4) is 0 Å². The summed E-state index contributed by atoms with van der Waals surface area (Å²) >= 11 is 0. The van der Waals surface area contributed by atoms with Crippen molar-refractivity contribution in [3.05, 3.63) is 21.7 Å². The van der Waals surface area contributed by atoms with Crippen molar-refractivity contribution >= 4 is 5.82 Å². The molecule has 0 aromatic carbocycles. The highest BCUT2D eigenvalue weighted by atomic mass is 16.1. The second-order valence-electron chi connectivity index (χ2n) is 5.66. The van der Waals surface area contributed by atoms with E-state index in [-0.39, 0.29) is 5.69 Å². The fourth-order valence-corrected chi connectivity index (χ4v) is 3.17. The van der Waals surface area contributed by atoms with Crippen LogP contribution in [0.2, 0.25) is 0 Å². The van der Waals surface area contributed by atoms with Gasteiger partial charge in [0, 0.05) is 24.3 Å². The van der Waals surface area contributed by atoms with Gasteiger partial charge in [0.15, 0.2) is 0 Å². The minimum Gasteiger partial charge on any atom is -0.369 e. The lowest BCUT2D eigenvalue weighted by Gasteiger charge is -2.24. The molecule has 0 atom stereocenters. The molecule has 1 saturated carbocycles. The molecule has 0 bridgehead atoms. The van der Waals surface area contributed by atoms with E-state index in [9.17, 15) is 4.79 Å². The molecule has 2 aliphatic rings. The Balaban J connectivity index is 1.72. The van der Waals surface area contributed by atoms with Crippen LogP contribution in [0.15, 0.2) is 4.79 Å². The summed E-state index contributed by atoms with van der Waals surface area (Å²) in [5.74, 6) is 1.55. The van der Waals surface area contributed by atoms with Gasteiger partial charge in [-0.25, -0.2) is 4.79 Å². The quantitative estimate of drug-likeness (QED) is 0.770. The maximum atomic E-state index is 11.6. The molecule has 0 spiro atoms. The number of aromatic amines is 1. The van der Waals surface area contributed by atoms with Crippen LogP contribution in [0.1, 0.15) is 43.4 Å². The topological polar surface area (TPSA) is 69.8 Å². The van der Waals surface area contributed by atoms with Crippen LogP contribution in [0.25, 0.3) is 0 Å². The van der Waals surface area contributed by atoms with Gasteiger partial charge in [-0.3, -0.25) is 0 Å². The van der Waals surface area contributed by atoms with Crippen LogP contribution in [-0.2, 0) is 13.0 Å². The molecule has 0 saturated heterocycles. The first-order valence-corrected chi connectivity index (χ1v) is 7.39. The number of hydrogen-bond donors (Lipinski definition) is 3. The largest absolute Gasteiger partial charge is 0.369 e. The van der Waals surface area contributed by atoms with Gasteiger partial charge in [0.05, 0.1) is 0 Å². The Bertz CT molecular complexity index is 491. The van der Waals surface area contributed by atoms with Crippen LogP contribution in [0.5, 0.6) is 0 Å². The van der Waals surface area contributed by atoms with E-state index in [1.54, 1.807) is 0 Å². The number of aromatic nitrogens is 2. The molecule has 0 unspecified atom stereocenters. The lowest BCUT2D eigenvalue weighted by atomic mass is 9.89. The minimum absolute atomic E-state index is 0.242. The summed E-state index contributed by atoms with van der Waals surface area (Å²) in [6.45, 7) is 2.65. The maximum Gasteiger partial charge on any atom is 0.347 e. The van der Waals surface area contributed by atoms with Gasteiger partial charge >= 0.3 is 5.69 Å². The Morgan fingerprint density at radius 3 is 2.95 bits per heavy atom. The van der Waals surface area contributed by atoms with Crippen molar-refractivity contribution < 1.29 is 0 Å². The van der Waals surface area contributed by atoms with E-state index < -0.39 is 0 Å². The van der Waals surface area contributed by atoms with E-state index in [0.29, 0.717) is 0 Å². The van der Waals surface area contributed by atoms with Gasteiger partial charge in [-0.05, 0) is 31.7 Å². The maximum absolute atomic E-state index is 11.6. The summed E-state index contributed by atoms with van der Waals surface area (Å²) in [7, 11) is 0. The number of nitrogens with one attached hydrogen (secondary N) is 3. The zero-order valence-corrected chi connectivity index (χ0v) is 11.3. The number of hydrogen-bond acceptors (Lipinski definition) is 4. The molecule has 1 fully saturated rings. The van der Waals surface area contributed by atoms with Crippen LogP contribution < -0.4 is 16.3 Å². The van der Waals surface area contributed by atoms with Crippen molar-refractivity contribution in [2.75, 3.05) is 18.4 Å². The van der Waals surface area contributed by atoms with Crippen molar-refractivity contribution in [3.8, 4) is 0 Å². The Kier molecular flexibility index (Phi) is 3.82. The summed E-state index contributed by atoms with van der Waals surface area (Å²) < 4.78 is 0. The molecule has 0 radical (unpaired) electrons. The Morgan fingerprint density at radius 1 is 1.26 bits per heavy atom. The van der Waals surface area contributed by atoms with E-state index in [4.69, 9.17) is 0 Å². The molecule has 104 valence electrons. The molecule has 19 heavy (non-hydrogen) atoms. The molecule has 1 aromatic rings. The zero-order chi connectivity index (χ0) is 13.1. The fraction of sp³-hybridized carbons (Fsp3) is 0.714. The SMILES string of the molecule is O=c1nc(NCC2CCCCC2)c2c([nH]1)CNCC2. The van der Waals surface area contributed by atoms with Crippen molar-refractivity contribution in [2.45, 2.75) is 45.1 Å². The van der Waals surface area contributed by atoms with E-state index in [0.717, 1.165) is 43.5 Å². The van der Waals surface area contributed by atoms with Crippen LogP contribution in [-0.4, -0.2) is 23.1 Å². The van der Waals surface area contributed by atoms with Crippen molar-refractivity contribution in [1.29, 1.82) is 0 Å². The molecule has 0 amide bonds. The average Bonchev–Trinajstić information content (AvgIpc) is 2.45.